The molecule has 2 fully saturated rings. The average Bonchev–Trinajstić information content (AvgIpc) is 3.29. The van der Waals surface area contributed by atoms with E-state index in [9.17, 15) is 0 Å². The van der Waals surface area contributed by atoms with E-state index in [-0.39, 0.29) is 6.10 Å². The topological polar surface area (TPSA) is 69.0 Å². The molecule has 0 radical (unpaired) electrons. The Labute approximate surface area is 189 Å². The zero-order valence-corrected chi connectivity index (χ0v) is 18.9. The van der Waals surface area contributed by atoms with Crippen molar-refractivity contribution in [2.75, 3.05) is 19.7 Å². The summed E-state index contributed by atoms with van der Waals surface area (Å²) < 4.78 is 7.73. The summed E-state index contributed by atoms with van der Waals surface area (Å²) in [6.45, 7) is 6.88. The van der Waals surface area contributed by atoms with E-state index in [0.717, 1.165) is 75.6 Å². The van der Waals surface area contributed by atoms with E-state index in [1.54, 1.807) is 0 Å². The third-order valence-corrected chi connectivity index (χ3v) is 6.72. The molecule has 2 aliphatic rings. The Balaban J connectivity index is 1.19. The second kappa shape index (κ2) is 9.88. The van der Waals surface area contributed by atoms with Gasteiger partial charge in [-0.15, -0.1) is 5.10 Å². The van der Waals surface area contributed by atoms with Crippen molar-refractivity contribution in [1.82, 2.24) is 29.9 Å². The normalized spacial score (nSPS) is 20.5. The van der Waals surface area contributed by atoms with Gasteiger partial charge in [0.15, 0.2) is 0 Å². The summed E-state index contributed by atoms with van der Waals surface area (Å²) in [5.41, 5.74) is 5.43. The Hall–Kier alpha value is -2.64. The molecule has 32 heavy (non-hydrogen) atoms. The molecule has 0 bridgehead atoms. The molecule has 0 amide bonds. The lowest BCUT2D eigenvalue weighted by Gasteiger charge is -2.32. The minimum absolute atomic E-state index is 0.248. The lowest BCUT2D eigenvalue weighted by molar-refractivity contribution is 0.00370. The van der Waals surface area contributed by atoms with Crippen molar-refractivity contribution in [3.63, 3.8) is 0 Å². The van der Waals surface area contributed by atoms with Gasteiger partial charge in [0.05, 0.1) is 30.2 Å². The number of likely N-dealkylation sites (tertiary alicyclic amines) is 1. The SMILES string of the molecule is Cc1cc(C2CCN(Cc3ccccn3)CC2)cnc1-c1cn(CC2CCCCO2)nn1. The predicted molar refractivity (Wildman–Crippen MR) is 123 cm³/mol. The number of hydrogen-bond acceptors (Lipinski definition) is 6. The zero-order chi connectivity index (χ0) is 21.8. The Morgan fingerprint density at radius 3 is 2.75 bits per heavy atom. The van der Waals surface area contributed by atoms with Crippen LogP contribution in [0.1, 0.15) is 54.8 Å². The molecule has 0 saturated carbocycles. The fraction of sp³-hybridized carbons (Fsp3) is 0.520. The maximum absolute atomic E-state index is 5.83. The second-order valence-electron chi connectivity index (χ2n) is 9.12. The highest BCUT2D eigenvalue weighted by Gasteiger charge is 2.22. The van der Waals surface area contributed by atoms with Crippen LogP contribution in [0.5, 0.6) is 0 Å². The minimum atomic E-state index is 0.248. The van der Waals surface area contributed by atoms with Gasteiger partial charge >= 0.3 is 0 Å². The Bertz CT molecular complexity index is 1010. The highest BCUT2D eigenvalue weighted by Crippen LogP contribution is 2.30. The van der Waals surface area contributed by atoms with Gasteiger partial charge in [-0.05, 0) is 81.3 Å². The number of hydrogen-bond donors (Lipinski definition) is 0. The highest BCUT2D eigenvalue weighted by molar-refractivity contribution is 5.57. The first-order valence-corrected chi connectivity index (χ1v) is 11.9. The minimum Gasteiger partial charge on any atom is -0.376 e. The van der Waals surface area contributed by atoms with Gasteiger partial charge in [-0.2, -0.15) is 0 Å². The highest BCUT2D eigenvalue weighted by atomic mass is 16.5. The van der Waals surface area contributed by atoms with E-state index in [2.05, 4.69) is 45.3 Å². The summed E-state index contributed by atoms with van der Waals surface area (Å²) in [6, 6.07) is 8.44. The van der Waals surface area contributed by atoms with Crippen LogP contribution in [0.25, 0.3) is 11.4 Å². The van der Waals surface area contributed by atoms with Crippen LogP contribution >= 0.6 is 0 Å². The van der Waals surface area contributed by atoms with E-state index in [1.807, 2.05) is 29.3 Å². The van der Waals surface area contributed by atoms with Crippen LogP contribution in [0.4, 0.5) is 0 Å². The van der Waals surface area contributed by atoms with Gasteiger partial charge in [0.2, 0.25) is 0 Å². The van der Waals surface area contributed by atoms with Crippen LogP contribution in [0.2, 0.25) is 0 Å². The van der Waals surface area contributed by atoms with Gasteiger partial charge in [-0.25, -0.2) is 4.68 Å². The van der Waals surface area contributed by atoms with Crippen molar-refractivity contribution in [2.45, 2.75) is 64.1 Å². The van der Waals surface area contributed by atoms with Gasteiger partial charge in [0, 0.05) is 25.5 Å². The van der Waals surface area contributed by atoms with E-state index in [4.69, 9.17) is 9.72 Å². The number of nitrogens with zero attached hydrogens (tertiary/aromatic N) is 6. The van der Waals surface area contributed by atoms with Crippen molar-refractivity contribution >= 4 is 0 Å². The first kappa shape index (κ1) is 21.2. The third-order valence-electron chi connectivity index (χ3n) is 6.72. The summed E-state index contributed by atoms with van der Waals surface area (Å²) in [5.74, 6) is 0.564. The molecule has 5 rings (SSSR count). The monoisotopic (exact) mass is 432 g/mol. The summed E-state index contributed by atoms with van der Waals surface area (Å²) in [6.07, 6.45) is 12.0. The fourth-order valence-corrected chi connectivity index (χ4v) is 4.89. The molecule has 7 heteroatoms. The average molecular weight is 433 g/mol. The van der Waals surface area contributed by atoms with Crippen LogP contribution in [-0.2, 0) is 17.8 Å². The Morgan fingerprint density at radius 1 is 1.09 bits per heavy atom. The van der Waals surface area contributed by atoms with E-state index in [0.29, 0.717) is 5.92 Å². The van der Waals surface area contributed by atoms with Crippen molar-refractivity contribution in [1.29, 1.82) is 0 Å². The lowest BCUT2D eigenvalue weighted by Crippen LogP contribution is -2.32. The van der Waals surface area contributed by atoms with Crippen LogP contribution in [0.3, 0.4) is 0 Å². The van der Waals surface area contributed by atoms with Gasteiger partial charge in [-0.3, -0.25) is 14.9 Å². The van der Waals surface area contributed by atoms with Crippen molar-refractivity contribution < 1.29 is 4.74 Å². The number of aryl methyl sites for hydroxylation is 1. The molecule has 1 atom stereocenters. The molecular formula is C25H32N6O. The molecule has 0 spiro atoms. The summed E-state index contributed by atoms with van der Waals surface area (Å²) in [4.78, 5) is 11.8. The number of pyridine rings is 2. The molecule has 2 saturated heterocycles. The van der Waals surface area contributed by atoms with E-state index >= 15 is 0 Å². The fourth-order valence-electron chi connectivity index (χ4n) is 4.89. The van der Waals surface area contributed by atoms with E-state index in [1.165, 1.54) is 17.5 Å². The molecule has 3 aromatic rings. The zero-order valence-electron chi connectivity index (χ0n) is 18.9. The summed E-state index contributed by atoms with van der Waals surface area (Å²) >= 11 is 0. The quantitative estimate of drug-likeness (QED) is 0.587. The molecule has 168 valence electrons. The van der Waals surface area contributed by atoms with Crippen LogP contribution in [0.15, 0.2) is 42.9 Å². The van der Waals surface area contributed by atoms with Gasteiger partial charge < -0.3 is 4.74 Å². The molecule has 7 nitrogen and oxygen atoms in total. The summed E-state index contributed by atoms with van der Waals surface area (Å²) in [5, 5.41) is 8.71. The van der Waals surface area contributed by atoms with Gasteiger partial charge in [-0.1, -0.05) is 17.3 Å². The maximum atomic E-state index is 5.83. The van der Waals surface area contributed by atoms with Gasteiger partial charge in [0.25, 0.3) is 0 Å². The van der Waals surface area contributed by atoms with E-state index < -0.39 is 0 Å². The number of rotatable bonds is 6. The number of ether oxygens (including phenoxy) is 1. The number of aromatic nitrogens is 5. The smallest absolute Gasteiger partial charge is 0.131 e. The standard InChI is InChI=1S/C25H32N6O/c1-19-14-21(20-8-11-30(12-9-20)16-22-6-2-4-10-26-22)15-27-25(19)24-18-31(29-28-24)17-23-7-3-5-13-32-23/h2,4,6,10,14-15,18,20,23H,3,5,7-9,11-13,16-17H2,1H3. The van der Waals surface area contributed by atoms with Crippen molar-refractivity contribution in [2.24, 2.45) is 0 Å². The largest absolute Gasteiger partial charge is 0.376 e. The Kier molecular flexibility index (Phi) is 6.55. The second-order valence-corrected chi connectivity index (χ2v) is 9.12. The first-order chi connectivity index (χ1) is 15.7. The molecule has 3 aromatic heterocycles. The van der Waals surface area contributed by atoms with Crippen molar-refractivity contribution in [3.05, 3.63) is 59.7 Å². The first-order valence-electron chi connectivity index (χ1n) is 11.9. The van der Waals surface area contributed by atoms with Crippen molar-refractivity contribution in [3.8, 4) is 11.4 Å². The molecule has 0 aliphatic carbocycles. The molecule has 0 aromatic carbocycles. The molecule has 2 aliphatic heterocycles. The van der Waals surface area contributed by atoms with Crippen LogP contribution in [0, 0.1) is 6.92 Å². The van der Waals surface area contributed by atoms with Crippen LogP contribution in [-0.4, -0.2) is 55.7 Å². The lowest BCUT2D eigenvalue weighted by atomic mass is 9.89. The number of piperidine rings is 1. The molecule has 5 heterocycles. The Morgan fingerprint density at radius 2 is 2.00 bits per heavy atom. The molecule has 0 N–H and O–H groups in total. The van der Waals surface area contributed by atoms with Crippen LogP contribution < -0.4 is 0 Å². The predicted octanol–water partition coefficient (Wildman–Crippen LogP) is 3.99. The van der Waals surface area contributed by atoms with Gasteiger partial charge in [0.1, 0.15) is 5.69 Å². The summed E-state index contributed by atoms with van der Waals surface area (Å²) in [7, 11) is 0. The molecule has 1 unspecified atom stereocenters. The molecular weight excluding hydrogens is 400 g/mol. The third kappa shape index (κ3) is 5.05. The maximum Gasteiger partial charge on any atom is 0.131 e.